The number of hydrogen-bond donors (Lipinski definition) is 0. The van der Waals surface area contributed by atoms with Crippen LogP contribution in [0.2, 0.25) is 10.0 Å². The van der Waals surface area contributed by atoms with E-state index in [1.54, 1.807) is 47.9 Å². The third-order valence-corrected chi connectivity index (χ3v) is 9.12. The van der Waals surface area contributed by atoms with Gasteiger partial charge in [0.15, 0.2) is 4.80 Å². The lowest BCUT2D eigenvalue weighted by atomic mass is 9.93. The molecule has 0 N–H and O–H groups in total. The largest absolute Gasteiger partial charge is 0.488 e. The number of aromatic nitrogens is 1. The quantitative estimate of drug-likeness (QED) is 0.155. The van der Waals surface area contributed by atoms with Crippen LogP contribution < -0.4 is 19.6 Å². The van der Waals surface area contributed by atoms with E-state index in [-0.39, 0.29) is 17.7 Å². The Morgan fingerprint density at radius 2 is 1.69 bits per heavy atom. The van der Waals surface area contributed by atoms with Crippen molar-refractivity contribution in [3.05, 3.63) is 159 Å². The van der Waals surface area contributed by atoms with E-state index < -0.39 is 12.0 Å². The van der Waals surface area contributed by atoms with Crippen LogP contribution in [0.25, 0.3) is 11.8 Å². The van der Waals surface area contributed by atoms with Gasteiger partial charge in [-0.3, -0.25) is 9.36 Å². The van der Waals surface area contributed by atoms with Gasteiger partial charge in [-0.1, -0.05) is 105 Å². The molecule has 2 heterocycles. The van der Waals surface area contributed by atoms with Crippen molar-refractivity contribution in [2.45, 2.75) is 19.6 Å². The van der Waals surface area contributed by atoms with Gasteiger partial charge in [0.1, 0.15) is 12.4 Å². The van der Waals surface area contributed by atoms with Gasteiger partial charge in [0, 0.05) is 25.6 Å². The molecule has 45 heavy (non-hydrogen) atoms. The average molecular weight is 720 g/mol. The minimum absolute atomic E-state index is 0.167. The molecule has 1 aliphatic rings. The Labute approximate surface area is 281 Å². The fourth-order valence-corrected chi connectivity index (χ4v) is 6.61. The predicted molar refractivity (Wildman–Crippen MR) is 182 cm³/mol. The predicted octanol–water partition coefficient (Wildman–Crippen LogP) is 7.58. The minimum atomic E-state index is -0.803. The zero-order chi connectivity index (χ0) is 31.5. The molecule has 226 valence electrons. The van der Waals surface area contributed by atoms with Crippen LogP contribution in [-0.4, -0.2) is 17.1 Å². The lowest BCUT2D eigenvalue weighted by Crippen LogP contribution is -2.40. The summed E-state index contributed by atoms with van der Waals surface area (Å²) < 4.78 is 14.6. The van der Waals surface area contributed by atoms with E-state index in [4.69, 9.17) is 37.7 Å². The van der Waals surface area contributed by atoms with Crippen LogP contribution in [0.3, 0.4) is 0 Å². The van der Waals surface area contributed by atoms with Crippen molar-refractivity contribution in [2.24, 2.45) is 4.99 Å². The summed E-state index contributed by atoms with van der Waals surface area (Å²) in [5.41, 5.74) is 3.46. The van der Waals surface area contributed by atoms with Crippen LogP contribution in [0.4, 0.5) is 0 Å². The van der Waals surface area contributed by atoms with Gasteiger partial charge in [-0.2, -0.15) is 0 Å². The van der Waals surface area contributed by atoms with Crippen molar-refractivity contribution in [3.8, 4) is 5.75 Å². The Morgan fingerprint density at radius 1 is 0.978 bits per heavy atom. The van der Waals surface area contributed by atoms with Gasteiger partial charge in [0.25, 0.3) is 5.56 Å². The van der Waals surface area contributed by atoms with Crippen molar-refractivity contribution in [1.29, 1.82) is 0 Å². The summed E-state index contributed by atoms with van der Waals surface area (Å²) in [7, 11) is 0. The van der Waals surface area contributed by atoms with Crippen LogP contribution in [0.1, 0.15) is 35.2 Å². The summed E-state index contributed by atoms with van der Waals surface area (Å²) in [5.74, 6) is 0.0207. The Kier molecular flexibility index (Phi) is 9.37. The fourth-order valence-electron chi connectivity index (χ4n) is 5.05. The summed E-state index contributed by atoms with van der Waals surface area (Å²) in [6, 6.07) is 28.8. The number of thiazole rings is 1. The number of esters is 1. The highest BCUT2D eigenvalue weighted by Crippen LogP contribution is 2.35. The van der Waals surface area contributed by atoms with Gasteiger partial charge in [-0.05, 0) is 66.6 Å². The number of halogens is 3. The number of rotatable bonds is 8. The number of fused-ring (bicyclic) bond motifs is 1. The molecule has 6 nitrogen and oxygen atoms in total. The molecule has 1 aliphatic heterocycles. The summed E-state index contributed by atoms with van der Waals surface area (Å²) in [5, 5.41) is 1.03. The molecule has 0 unspecified atom stereocenters. The molecule has 10 heteroatoms. The van der Waals surface area contributed by atoms with Crippen molar-refractivity contribution in [2.75, 3.05) is 6.61 Å². The van der Waals surface area contributed by atoms with Crippen molar-refractivity contribution < 1.29 is 14.3 Å². The lowest BCUT2D eigenvalue weighted by molar-refractivity contribution is -0.138. The summed E-state index contributed by atoms with van der Waals surface area (Å²) in [6.45, 7) is 2.24. The second kappa shape index (κ2) is 13.6. The maximum Gasteiger partial charge on any atom is 0.338 e. The number of carbonyl (C=O) groups excluding carboxylic acids is 1. The SMILES string of the molecule is CCOC(=O)C1=C(c2ccccc2)N=c2s/c(=C\c3cc(Cl)ccc3OCc3ccc(Br)cc3)c(=O)n2[C@H]1c1ccc(Cl)cc1. The van der Waals surface area contributed by atoms with Crippen molar-refractivity contribution in [3.63, 3.8) is 0 Å². The monoisotopic (exact) mass is 718 g/mol. The third kappa shape index (κ3) is 6.70. The van der Waals surface area contributed by atoms with Crippen molar-refractivity contribution in [1.82, 2.24) is 4.57 Å². The van der Waals surface area contributed by atoms with E-state index >= 15 is 0 Å². The molecule has 0 aliphatic carbocycles. The second-order valence-electron chi connectivity index (χ2n) is 10.1. The Morgan fingerprint density at radius 3 is 2.40 bits per heavy atom. The topological polar surface area (TPSA) is 69.9 Å². The number of ether oxygens (including phenoxy) is 2. The molecule has 0 amide bonds. The first kappa shape index (κ1) is 31.0. The molecule has 0 fully saturated rings. The highest BCUT2D eigenvalue weighted by Gasteiger charge is 2.35. The Balaban J connectivity index is 1.53. The molecule has 0 bridgehead atoms. The molecule has 1 aromatic heterocycles. The van der Waals surface area contributed by atoms with Crippen LogP contribution in [-0.2, 0) is 16.1 Å². The lowest BCUT2D eigenvalue weighted by Gasteiger charge is -2.25. The molecule has 0 radical (unpaired) electrons. The van der Waals surface area contributed by atoms with E-state index in [1.807, 2.05) is 66.7 Å². The normalized spacial score (nSPS) is 14.6. The van der Waals surface area contributed by atoms with Gasteiger partial charge in [0.2, 0.25) is 0 Å². The van der Waals surface area contributed by atoms with E-state index in [0.717, 1.165) is 15.6 Å². The van der Waals surface area contributed by atoms with E-state index in [0.29, 0.717) is 48.6 Å². The summed E-state index contributed by atoms with van der Waals surface area (Å²) >= 11 is 17.3. The molecule has 1 atom stereocenters. The molecule has 6 rings (SSSR count). The molecule has 0 saturated carbocycles. The average Bonchev–Trinajstić information content (AvgIpc) is 3.35. The van der Waals surface area contributed by atoms with Crippen LogP contribution in [0.5, 0.6) is 5.75 Å². The number of benzene rings is 4. The van der Waals surface area contributed by atoms with E-state index in [2.05, 4.69) is 15.9 Å². The van der Waals surface area contributed by atoms with Crippen LogP contribution in [0.15, 0.2) is 117 Å². The van der Waals surface area contributed by atoms with Crippen LogP contribution in [0, 0.1) is 0 Å². The van der Waals surface area contributed by atoms with Gasteiger partial charge in [0.05, 0.1) is 28.5 Å². The molecule has 5 aromatic rings. The third-order valence-electron chi connectivity index (χ3n) is 7.13. The number of hydrogen-bond acceptors (Lipinski definition) is 6. The molecule has 0 spiro atoms. The first-order valence-corrected chi connectivity index (χ1v) is 16.4. The van der Waals surface area contributed by atoms with E-state index in [9.17, 15) is 9.59 Å². The van der Waals surface area contributed by atoms with Crippen molar-refractivity contribution >= 4 is 68.2 Å². The molecule has 4 aromatic carbocycles. The second-order valence-corrected chi connectivity index (χ2v) is 12.9. The standard InChI is InChI=1S/C35H25BrCl2N2O4S/c1-2-43-34(42)30-31(22-6-4-3-5-7-22)39-35-40(32(30)23-10-14-26(37)15-11-23)33(41)29(45-35)19-24-18-27(38)16-17-28(24)44-20-21-8-12-25(36)13-9-21/h3-19,32H,2,20H2,1H3/b29-19-/t32-/m0/s1. The smallest absolute Gasteiger partial charge is 0.338 e. The zero-order valence-electron chi connectivity index (χ0n) is 23.9. The zero-order valence-corrected chi connectivity index (χ0v) is 27.8. The number of nitrogens with zero attached hydrogens (tertiary/aromatic N) is 2. The number of carbonyl (C=O) groups is 1. The van der Waals surface area contributed by atoms with Crippen LogP contribution >= 0.6 is 50.5 Å². The van der Waals surface area contributed by atoms with Gasteiger partial charge < -0.3 is 9.47 Å². The van der Waals surface area contributed by atoms with Gasteiger partial charge >= 0.3 is 5.97 Å². The first-order chi connectivity index (χ1) is 21.8. The highest BCUT2D eigenvalue weighted by atomic mass is 79.9. The maximum atomic E-state index is 14.2. The van der Waals surface area contributed by atoms with E-state index in [1.165, 1.54) is 11.3 Å². The Bertz CT molecular complexity index is 2090. The first-order valence-electron chi connectivity index (χ1n) is 14.0. The summed E-state index contributed by atoms with van der Waals surface area (Å²) in [6.07, 6.45) is 1.75. The fraction of sp³-hybridized carbons (Fsp3) is 0.114. The molecular weight excluding hydrogens is 695 g/mol. The minimum Gasteiger partial charge on any atom is -0.488 e. The molecular formula is C35H25BrCl2N2O4S. The van der Waals surface area contributed by atoms with Gasteiger partial charge in [-0.25, -0.2) is 9.79 Å². The maximum absolute atomic E-state index is 14.2. The Hall–Kier alpha value is -3.95. The summed E-state index contributed by atoms with van der Waals surface area (Å²) in [4.78, 5) is 33.2. The van der Waals surface area contributed by atoms with Gasteiger partial charge in [-0.15, -0.1) is 0 Å². The highest BCUT2D eigenvalue weighted by molar-refractivity contribution is 9.10. The molecule has 0 saturated heterocycles.